The molecule has 0 atom stereocenters. The van der Waals surface area contributed by atoms with Crippen LogP contribution in [0.4, 0.5) is 0 Å². The molecule has 4 rings (SSSR count). The minimum Gasteiger partial charge on any atom is -0.264 e. The number of nitrogens with zero attached hydrogens (tertiary/aromatic N) is 3. The summed E-state index contributed by atoms with van der Waals surface area (Å²) >= 11 is 1.74. The maximum atomic E-state index is 4.80. The molecule has 0 spiro atoms. The van der Waals surface area contributed by atoms with Gasteiger partial charge in [-0.3, -0.25) is 4.98 Å². The summed E-state index contributed by atoms with van der Waals surface area (Å²) in [4.78, 5) is 13.7. The largest absolute Gasteiger partial charge is 0.264 e. The molecule has 4 aromatic rings. The predicted molar refractivity (Wildman–Crippen MR) is 98.8 cm³/mol. The van der Waals surface area contributed by atoms with Gasteiger partial charge in [-0.1, -0.05) is 48.5 Å². The third-order valence-corrected chi connectivity index (χ3v) is 4.77. The molecule has 24 heavy (non-hydrogen) atoms. The van der Waals surface area contributed by atoms with Crippen LogP contribution in [0.15, 0.2) is 84.1 Å². The molecule has 0 amide bonds. The van der Waals surface area contributed by atoms with Gasteiger partial charge in [-0.15, -0.1) is 11.8 Å². The molecular weight excluding hydrogens is 314 g/mol. The number of hydrogen-bond donors (Lipinski definition) is 0. The lowest BCUT2D eigenvalue weighted by molar-refractivity contribution is 1.10. The van der Waals surface area contributed by atoms with Crippen molar-refractivity contribution in [3.8, 4) is 11.4 Å². The Labute approximate surface area is 144 Å². The average Bonchev–Trinajstić information content (AvgIpc) is 2.67. The maximum Gasteiger partial charge on any atom is 0.162 e. The molecule has 0 unspecified atom stereocenters. The molecule has 0 bridgehead atoms. The Hall–Kier alpha value is -2.72. The summed E-state index contributed by atoms with van der Waals surface area (Å²) < 4.78 is 0. The molecule has 0 N–H and O–H groups in total. The molecule has 2 aromatic heterocycles. The van der Waals surface area contributed by atoms with Crippen LogP contribution in [0.1, 0.15) is 5.56 Å². The molecular formula is C20H15N3S. The number of benzene rings is 2. The zero-order valence-electron chi connectivity index (χ0n) is 13.0. The molecule has 0 aliphatic heterocycles. The van der Waals surface area contributed by atoms with E-state index in [0.717, 1.165) is 33.1 Å². The molecule has 0 saturated carbocycles. The highest BCUT2D eigenvalue weighted by Crippen LogP contribution is 2.30. The van der Waals surface area contributed by atoms with Gasteiger partial charge in [0.25, 0.3) is 0 Å². The fourth-order valence-electron chi connectivity index (χ4n) is 2.51. The second-order valence-corrected chi connectivity index (χ2v) is 6.35. The molecule has 0 radical (unpaired) electrons. The Morgan fingerprint density at radius 1 is 0.792 bits per heavy atom. The summed E-state index contributed by atoms with van der Waals surface area (Å²) in [6, 6.07) is 22.5. The van der Waals surface area contributed by atoms with E-state index in [1.165, 1.54) is 5.56 Å². The van der Waals surface area contributed by atoms with Crippen LogP contribution < -0.4 is 0 Å². The van der Waals surface area contributed by atoms with Gasteiger partial charge in [-0.05, 0) is 23.8 Å². The number of rotatable bonds is 4. The first-order valence-electron chi connectivity index (χ1n) is 7.74. The van der Waals surface area contributed by atoms with E-state index in [1.54, 1.807) is 24.2 Å². The summed E-state index contributed by atoms with van der Waals surface area (Å²) in [6.07, 6.45) is 3.56. The van der Waals surface area contributed by atoms with E-state index >= 15 is 0 Å². The Bertz CT molecular complexity index is 956. The van der Waals surface area contributed by atoms with Crippen LogP contribution in [-0.4, -0.2) is 15.0 Å². The van der Waals surface area contributed by atoms with Crippen molar-refractivity contribution in [3.63, 3.8) is 0 Å². The fourth-order valence-corrected chi connectivity index (χ4v) is 3.48. The highest BCUT2D eigenvalue weighted by molar-refractivity contribution is 7.98. The van der Waals surface area contributed by atoms with Crippen molar-refractivity contribution in [3.05, 3.63) is 84.7 Å². The van der Waals surface area contributed by atoms with E-state index in [2.05, 4.69) is 35.3 Å². The van der Waals surface area contributed by atoms with Gasteiger partial charge in [-0.25, -0.2) is 9.97 Å². The van der Waals surface area contributed by atoms with Gasteiger partial charge in [0.15, 0.2) is 5.82 Å². The van der Waals surface area contributed by atoms with Crippen molar-refractivity contribution in [2.24, 2.45) is 0 Å². The fraction of sp³-hybridized carbons (Fsp3) is 0.0500. The average molecular weight is 329 g/mol. The molecule has 0 aliphatic carbocycles. The lowest BCUT2D eigenvalue weighted by Crippen LogP contribution is -1.94. The molecule has 2 heterocycles. The van der Waals surface area contributed by atoms with Gasteiger partial charge in [0.05, 0.1) is 5.52 Å². The summed E-state index contributed by atoms with van der Waals surface area (Å²) in [5.74, 6) is 1.60. The van der Waals surface area contributed by atoms with E-state index in [1.807, 2.05) is 36.4 Å². The first kappa shape index (κ1) is 14.8. The Balaban J connectivity index is 1.75. The highest BCUT2D eigenvalue weighted by atomic mass is 32.2. The molecule has 4 heteroatoms. The lowest BCUT2D eigenvalue weighted by atomic mass is 10.2. The van der Waals surface area contributed by atoms with Gasteiger partial charge in [0.1, 0.15) is 5.03 Å². The Morgan fingerprint density at radius 3 is 2.46 bits per heavy atom. The number of para-hydroxylation sites is 1. The van der Waals surface area contributed by atoms with Gasteiger partial charge < -0.3 is 0 Å². The third-order valence-electron chi connectivity index (χ3n) is 3.71. The zero-order valence-corrected chi connectivity index (χ0v) is 13.8. The minimum atomic E-state index is 0.720. The number of pyridine rings is 1. The lowest BCUT2D eigenvalue weighted by Gasteiger charge is -2.08. The van der Waals surface area contributed by atoms with Crippen LogP contribution in [0, 0.1) is 0 Å². The first-order valence-corrected chi connectivity index (χ1v) is 8.72. The maximum absolute atomic E-state index is 4.80. The van der Waals surface area contributed by atoms with Crippen molar-refractivity contribution >= 4 is 22.7 Å². The molecule has 2 aromatic carbocycles. The summed E-state index contributed by atoms with van der Waals surface area (Å²) in [7, 11) is 0. The number of aromatic nitrogens is 3. The van der Waals surface area contributed by atoms with Crippen LogP contribution in [0.3, 0.4) is 0 Å². The third kappa shape index (κ3) is 3.14. The molecule has 3 nitrogen and oxygen atoms in total. The van der Waals surface area contributed by atoms with Gasteiger partial charge in [-0.2, -0.15) is 0 Å². The van der Waals surface area contributed by atoms with Crippen molar-refractivity contribution in [2.75, 3.05) is 0 Å². The van der Waals surface area contributed by atoms with Crippen LogP contribution in [0.2, 0.25) is 0 Å². The molecule has 0 fully saturated rings. The second kappa shape index (κ2) is 6.81. The Morgan fingerprint density at radius 2 is 1.62 bits per heavy atom. The van der Waals surface area contributed by atoms with Crippen LogP contribution in [-0.2, 0) is 5.75 Å². The van der Waals surface area contributed by atoms with Crippen molar-refractivity contribution < 1.29 is 0 Å². The van der Waals surface area contributed by atoms with E-state index < -0.39 is 0 Å². The van der Waals surface area contributed by atoms with E-state index in [-0.39, 0.29) is 0 Å². The van der Waals surface area contributed by atoms with Crippen LogP contribution in [0.5, 0.6) is 0 Å². The SMILES string of the molecule is c1ccc(CSc2nc(-c3cccnc3)nc3ccccc23)cc1. The van der Waals surface area contributed by atoms with Gasteiger partial charge in [0.2, 0.25) is 0 Å². The van der Waals surface area contributed by atoms with Gasteiger partial charge in [0, 0.05) is 29.1 Å². The van der Waals surface area contributed by atoms with Crippen LogP contribution in [0.25, 0.3) is 22.3 Å². The van der Waals surface area contributed by atoms with Gasteiger partial charge >= 0.3 is 0 Å². The Kier molecular flexibility index (Phi) is 4.21. The van der Waals surface area contributed by atoms with Crippen LogP contribution >= 0.6 is 11.8 Å². The number of fused-ring (bicyclic) bond motifs is 1. The number of thioether (sulfide) groups is 1. The second-order valence-electron chi connectivity index (χ2n) is 5.39. The molecule has 116 valence electrons. The van der Waals surface area contributed by atoms with Crippen molar-refractivity contribution in [1.82, 2.24) is 15.0 Å². The smallest absolute Gasteiger partial charge is 0.162 e. The van der Waals surface area contributed by atoms with E-state index in [0.29, 0.717) is 0 Å². The standard InChI is InChI=1S/C20H15N3S/c1-2-7-15(8-3-1)14-24-20-17-10-4-5-11-18(17)22-19(23-20)16-9-6-12-21-13-16/h1-13H,14H2. The first-order chi connectivity index (χ1) is 11.9. The zero-order chi connectivity index (χ0) is 16.2. The monoisotopic (exact) mass is 329 g/mol. The highest BCUT2D eigenvalue weighted by Gasteiger charge is 2.10. The van der Waals surface area contributed by atoms with E-state index in [4.69, 9.17) is 9.97 Å². The quantitative estimate of drug-likeness (QED) is 0.391. The molecule has 0 saturated heterocycles. The minimum absolute atomic E-state index is 0.720. The normalized spacial score (nSPS) is 10.8. The topological polar surface area (TPSA) is 38.7 Å². The summed E-state index contributed by atoms with van der Waals surface area (Å²) in [5.41, 5.74) is 3.18. The predicted octanol–water partition coefficient (Wildman–Crippen LogP) is 4.98. The van der Waals surface area contributed by atoms with Crippen molar-refractivity contribution in [2.45, 2.75) is 10.8 Å². The summed E-state index contributed by atoms with van der Waals surface area (Å²) in [6.45, 7) is 0. The molecule has 0 aliphatic rings. The van der Waals surface area contributed by atoms with Crippen molar-refractivity contribution in [1.29, 1.82) is 0 Å². The number of hydrogen-bond acceptors (Lipinski definition) is 4. The van der Waals surface area contributed by atoms with E-state index in [9.17, 15) is 0 Å². The summed E-state index contributed by atoms with van der Waals surface area (Å²) in [5, 5.41) is 2.09.